The molecule has 1 saturated heterocycles. The lowest BCUT2D eigenvalue weighted by molar-refractivity contribution is -0.794. The van der Waals surface area contributed by atoms with Crippen molar-refractivity contribution in [3.63, 3.8) is 0 Å². The van der Waals surface area contributed by atoms with Gasteiger partial charge in [0.2, 0.25) is 5.88 Å². The number of rotatable bonds is 11. The number of imide groups is 1. The standard InChI is InChI=1S/C30H40BrN3O7/c1-7-8-9-10-11-12-24(33-28(36)41-30(3,4)5)27(35)34(29(37)38)18-21(15-19(34)2)40-26-22-17-23(31)25(39-6)16-20(22)13-14-32-26/h7,13-14,16-17,19,21,24H,1,8-12,15,18H2,2-6H3,(H-,33,36,37,38)/p+1/t19?,21-,24+,34?/m1/s1. The van der Waals surface area contributed by atoms with E-state index in [-0.39, 0.29) is 6.54 Å². The quantitative estimate of drug-likeness (QED) is 0.161. The zero-order valence-electron chi connectivity index (χ0n) is 24.4. The molecule has 2 aromatic rings. The number of aromatic nitrogens is 1. The molecule has 10 nitrogen and oxygen atoms in total. The fraction of sp³-hybridized carbons (Fsp3) is 0.533. The van der Waals surface area contributed by atoms with E-state index in [1.165, 1.54) is 0 Å². The number of ether oxygens (including phenoxy) is 3. The van der Waals surface area contributed by atoms with E-state index in [2.05, 4.69) is 32.8 Å². The van der Waals surface area contributed by atoms with Crippen LogP contribution in [0.15, 0.2) is 41.5 Å². The van der Waals surface area contributed by atoms with Crippen molar-refractivity contribution in [3.8, 4) is 11.6 Å². The number of carbonyl (C=O) groups excluding carboxylic acids is 2. The maximum Gasteiger partial charge on any atom is 0.521 e. The fourth-order valence-electron chi connectivity index (χ4n) is 5.24. The van der Waals surface area contributed by atoms with Gasteiger partial charge in [0.1, 0.15) is 30.0 Å². The number of nitrogens with one attached hydrogen (secondary N) is 1. The number of likely N-dealkylation sites (tertiary alicyclic amines) is 1. The van der Waals surface area contributed by atoms with Gasteiger partial charge in [-0.25, -0.2) is 14.6 Å². The summed E-state index contributed by atoms with van der Waals surface area (Å²) in [5, 5.41) is 14.7. The molecule has 0 radical (unpaired) electrons. The number of allylic oxidation sites excluding steroid dienone is 1. The smallest absolute Gasteiger partial charge is 0.496 e. The number of hydrogen-bond acceptors (Lipinski definition) is 7. The molecule has 2 N–H and O–H groups in total. The lowest BCUT2D eigenvalue weighted by Gasteiger charge is -2.33. The van der Waals surface area contributed by atoms with E-state index < -0.39 is 46.4 Å². The third-order valence-corrected chi connectivity index (χ3v) is 7.87. The number of halogens is 1. The van der Waals surface area contributed by atoms with Gasteiger partial charge in [-0.1, -0.05) is 18.9 Å². The average Bonchev–Trinajstić information content (AvgIpc) is 3.23. The van der Waals surface area contributed by atoms with Gasteiger partial charge in [0.15, 0.2) is 6.10 Å². The Labute approximate surface area is 249 Å². The number of alkyl carbamates (subject to hydrolysis) is 1. The summed E-state index contributed by atoms with van der Waals surface area (Å²) in [6.45, 7) is 10.5. The highest BCUT2D eigenvalue weighted by Gasteiger charge is 2.59. The summed E-state index contributed by atoms with van der Waals surface area (Å²) in [6, 6.07) is 3.89. The zero-order valence-corrected chi connectivity index (χ0v) is 26.0. The van der Waals surface area contributed by atoms with Crippen molar-refractivity contribution in [2.24, 2.45) is 0 Å². The van der Waals surface area contributed by atoms with E-state index in [1.807, 2.05) is 24.3 Å². The molecule has 2 heterocycles. The minimum absolute atomic E-state index is 0.103. The van der Waals surface area contributed by atoms with Crippen molar-refractivity contribution in [1.82, 2.24) is 10.3 Å². The molecule has 3 amide bonds. The van der Waals surface area contributed by atoms with Crippen LogP contribution < -0.4 is 14.8 Å². The maximum absolute atomic E-state index is 14.1. The zero-order chi connectivity index (χ0) is 30.4. The first-order chi connectivity index (χ1) is 19.3. The molecule has 1 aromatic carbocycles. The summed E-state index contributed by atoms with van der Waals surface area (Å²) in [4.78, 5) is 44.0. The molecule has 2 unspecified atom stereocenters. The second-order valence-electron chi connectivity index (χ2n) is 11.4. The second kappa shape index (κ2) is 13.7. The van der Waals surface area contributed by atoms with Crippen LogP contribution in [-0.4, -0.2) is 70.1 Å². The Morgan fingerprint density at radius 3 is 2.63 bits per heavy atom. The predicted octanol–water partition coefficient (Wildman–Crippen LogP) is 6.60. The first-order valence-corrected chi connectivity index (χ1v) is 14.7. The molecule has 11 heteroatoms. The summed E-state index contributed by atoms with van der Waals surface area (Å²) >= 11 is 3.49. The first-order valence-electron chi connectivity index (χ1n) is 13.9. The highest BCUT2D eigenvalue weighted by molar-refractivity contribution is 9.10. The number of benzene rings is 1. The molecular formula is C30H41BrN3O7+. The van der Waals surface area contributed by atoms with Crippen molar-refractivity contribution in [2.45, 2.75) is 90.0 Å². The van der Waals surface area contributed by atoms with Gasteiger partial charge in [0.25, 0.3) is 0 Å². The summed E-state index contributed by atoms with van der Waals surface area (Å²) < 4.78 is 16.9. The lowest BCUT2D eigenvalue weighted by Crippen LogP contribution is -2.65. The Morgan fingerprint density at radius 2 is 2.00 bits per heavy atom. The molecule has 224 valence electrons. The summed E-state index contributed by atoms with van der Waals surface area (Å²) in [6.07, 6.45) is 4.59. The lowest BCUT2D eigenvalue weighted by atomic mass is 10.0. The van der Waals surface area contributed by atoms with Gasteiger partial charge in [0.05, 0.1) is 11.6 Å². The molecule has 0 bridgehead atoms. The Hall–Kier alpha value is -3.18. The predicted molar refractivity (Wildman–Crippen MR) is 159 cm³/mol. The van der Waals surface area contributed by atoms with Crippen LogP contribution in [0.4, 0.5) is 9.59 Å². The first kappa shape index (κ1) is 32.3. The van der Waals surface area contributed by atoms with Crippen molar-refractivity contribution in [1.29, 1.82) is 0 Å². The van der Waals surface area contributed by atoms with Gasteiger partial charge >= 0.3 is 18.1 Å². The Bertz CT molecular complexity index is 1280. The highest BCUT2D eigenvalue weighted by atomic mass is 79.9. The molecular weight excluding hydrogens is 594 g/mol. The summed E-state index contributed by atoms with van der Waals surface area (Å²) in [5.74, 6) is 0.403. The van der Waals surface area contributed by atoms with Gasteiger partial charge in [-0.3, -0.25) is 0 Å². The summed E-state index contributed by atoms with van der Waals surface area (Å²) in [7, 11) is 1.58. The van der Waals surface area contributed by atoms with E-state index in [0.717, 1.165) is 34.5 Å². The average molecular weight is 636 g/mol. The van der Waals surface area contributed by atoms with E-state index >= 15 is 0 Å². The number of fused-ring (bicyclic) bond motifs is 1. The van der Waals surface area contributed by atoms with E-state index in [0.29, 0.717) is 30.9 Å². The number of unbranched alkanes of at least 4 members (excludes halogenated alkanes) is 3. The van der Waals surface area contributed by atoms with Crippen molar-refractivity contribution >= 4 is 44.8 Å². The number of hydrogen-bond donors (Lipinski definition) is 2. The van der Waals surface area contributed by atoms with Crippen LogP contribution in [0, 0.1) is 0 Å². The van der Waals surface area contributed by atoms with Gasteiger partial charge in [-0.05, 0) is 86.5 Å². The van der Waals surface area contributed by atoms with Crippen LogP contribution in [0.25, 0.3) is 10.8 Å². The third kappa shape index (κ3) is 7.77. The molecule has 0 aliphatic carbocycles. The maximum atomic E-state index is 14.1. The monoisotopic (exact) mass is 634 g/mol. The number of pyridine rings is 1. The number of carboxylic acid groups (broad SMARTS) is 1. The fourth-order valence-corrected chi connectivity index (χ4v) is 5.75. The second-order valence-corrected chi connectivity index (χ2v) is 12.3. The molecule has 1 aromatic heterocycles. The minimum Gasteiger partial charge on any atom is -0.496 e. The Balaban J connectivity index is 1.87. The summed E-state index contributed by atoms with van der Waals surface area (Å²) in [5.41, 5.74) is -0.773. The van der Waals surface area contributed by atoms with Crippen LogP contribution in [0.3, 0.4) is 0 Å². The molecule has 1 aliphatic rings. The third-order valence-electron chi connectivity index (χ3n) is 7.25. The van der Waals surface area contributed by atoms with Crippen molar-refractivity contribution < 1.29 is 38.2 Å². The number of nitrogens with zero attached hydrogens (tertiary/aromatic N) is 2. The highest BCUT2D eigenvalue weighted by Crippen LogP contribution is 2.37. The van der Waals surface area contributed by atoms with Crippen LogP contribution in [0.1, 0.15) is 66.2 Å². The Morgan fingerprint density at radius 1 is 1.27 bits per heavy atom. The topological polar surface area (TPSA) is 124 Å². The molecule has 4 atom stereocenters. The number of methoxy groups -OCH3 is 1. The minimum atomic E-state index is -1.28. The molecule has 0 spiro atoms. The number of carbonyl (C=O) groups is 3. The van der Waals surface area contributed by atoms with E-state index in [1.54, 1.807) is 41.0 Å². The SMILES string of the molecule is C=CCCCCC[C@H](NC(=O)OC(C)(C)C)C(=O)[N+]1(C(=O)O)C[C@H](Oc2nccc3cc(OC)c(Br)cc23)CC1C. The Kier molecular flexibility index (Phi) is 10.8. The van der Waals surface area contributed by atoms with Crippen LogP contribution in [-0.2, 0) is 9.53 Å². The number of quaternary nitrogens is 1. The van der Waals surface area contributed by atoms with Gasteiger partial charge in [-0.15, -0.1) is 6.58 Å². The van der Waals surface area contributed by atoms with Crippen LogP contribution >= 0.6 is 15.9 Å². The van der Waals surface area contributed by atoms with Gasteiger partial charge < -0.3 is 24.6 Å². The van der Waals surface area contributed by atoms with Gasteiger partial charge in [0, 0.05) is 18.0 Å². The molecule has 1 fully saturated rings. The van der Waals surface area contributed by atoms with Crippen molar-refractivity contribution in [3.05, 3.63) is 41.5 Å². The number of amides is 3. The van der Waals surface area contributed by atoms with Gasteiger partial charge in [-0.2, -0.15) is 9.28 Å². The molecule has 1 aliphatic heterocycles. The van der Waals surface area contributed by atoms with Crippen LogP contribution in [0.2, 0.25) is 0 Å². The molecule has 0 saturated carbocycles. The van der Waals surface area contributed by atoms with E-state index in [4.69, 9.17) is 14.2 Å². The molecule has 3 rings (SSSR count). The van der Waals surface area contributed by atoms with Crippen molar-refractivity contribution in [2.75, 3.05) is 13.7 Å². The largest absolute Gasteiger partial charge is 0.521 e. The molecule has 41 heavy (non-hydrogen) atoms. The van der Waals surface area contributed by atoms with Crippen LogP contribution in [0.5, 0.6) is 11.6 Å². The van der Waals surface area contributed by atoms with E-state index in [9.17, 15) is 19.5 Å². The normalized spacial score (nSPS) is 21.2.